The monoisotopic (exact) mass is 409 g/mol. The molecular formula is C19H27N3O5S. The van der Waals surface area contributed by atoms with E-state index < -0.39 is 10.0 Å². The summed E-state index contributed by atoms with van der Waals surface area (Å²) >= 11 is 0. The van der Waals surface area contributed by atoms with Crippen molar-refractivity contribution in [2.24, 2.45) is 5.92 Å². The molecule has 0 spiro atoms. The molecule has 1 fully saturated rings. The first-order valence-corrected chi connectivity index (χ1v) is 10.5. The molecule has 3 rings (SSSR count). The average molecular weight is 410 g/mol. The number of aromatic nitrogens is 2. The summed E-state index contributed by atoms with van der Waals surface area (Å²) in [5, 5.41) is 6.89. The van der Waals surface area contributed by atoms with Crippen LogP contribution in [0.25, 0.3) is 11.4 Å². The van der Waals surface area contributed by atoms with Gasteiger partial charge in [0.05, 0.1) is 25.0 Å². The third-order valence-corrected chi connectivity index (χ3v) is 6.61. The Balaban J connectivity index is 0.000000878. The SMILES string of the molecule is Cc1cc(C)cc(-c2nccn2[C@@H]2COC[C@@H]2CS(=O)(=O)N(C)C)c1.O=CO. The summed E-state index contributed by atoms with van der Waals surface area (Å²) in [5.41, 5.74) is 3.40. The minimum absolute atomic E-state index is 0.0342. The zero-order valence-electron chi connectivity index (χ0n) is 16.6. The summed E-state index contributed by atoms with van der Waals surface area (Å²) in [7, 11) is -0.141. The number of imidazole rings is 1. The number of aryl methyl sites for hydroxylation is 2. The van der Waals surface area contributed by atoms with Crippen LogP contribution in [0.15, 0.2) is 30.6 Å². The first kappa shape index (κ1) is 22.1. The van der Waals surface area contributed by atoms with E-state index >= 15 is 0 Å². The highest BCUT2D eigenvalue weighted by Gasteiger charge is 2.35. The molecule has 2 atom stereocenters. The molecule has 0 unspecified atom stereocenters. The third-order valence-electron chi connectivity index (χ3n) is 4.65. The number of rotatable bonds is 5. The maximum atomic E-state index is 12.3. The van der Waals surface area contributed by atoms with Gasteiger partial charge in [-0.25, -0.2) is 17.7 Å². The van der Waals surface area contributed by atoms with Gasteiger partial charge < -0.3 is 14.4 Å². The molecule has 1 N–H and O–H groups in total. The molecule has 0 aliphatic carbocycles. The molecule has 2 heterocycles. The van der Waals surface area contributed by atoms with Crippen molar-refractivity contribution in [2.75, 3.05) is 33.1 Å². The first-order chi connectivity index (χ1) is 13.2. The summed E-state index contributed by atoms with van der Waals surface area (Å²) in [6, 6.07) is 6.30. The Morgan fingerprint density at radius 3 is 2.43 bits per heavy atom. The van der Waals surface area contributed by atoms with Crippen molar-refractivity contribution in [3.05, 3.63) is 41.7 Å². The third kappa shape index (κ3) is 5.18. The van der Waals surface area contributed by atoms with Gasteiger partial charge in [0.25, 0.3) is 6.47 Å². The maximum absolute atomic E-state index is 12.3. The predicted molar refractivity (Wildman–Crippen MR) is 107 cm³/mol. The van der Waals surface area contributed by atoms with E-state index in [-0.39, 0.29) is 24.2 Å². The number of nitrogens with zero attached hydrogens (tertiary/aromatic N) is 3. The van der Waals surface area contributed by atoms with Crippen molar-refractivity contribution < 1.29 is 23.1 Å². The Bertz CT molecular complexity index is 888. The number of hydrogen-bond acceptors (Lipinski definition) is 5. The van der Waals surface area contributed by atoms with Crippen LogP contribution >= 0.6 is 0 Å². The Labute approximate surface area is 165 Å². The first-order valence-electron chi connectivity index (χ1n) is 8.87. The van der Waals surface area contributed by atoms with Crippen molar-refractivity contribution in [1.82, 2.24) is 13.9 Å². The molecule has 9 heteroatoms. The Morgan fingerprint density at radius 1 is 1.25 bits per heavy atom. The van der Waals surface area contributed by atoms with Crippen molar-refractivity contribution in [3.63, 3.8) is 0 Å². The minimum atomic E-state index is -3.28. The molecule has 1 aromatic heterocycles. The van der Waals surface area contributed by atoms with Crippen LogP contribution in [0.4, 0.5) is 0 Å². The molecule has 0 bridgehead atoms. The second kappa shape index (κ2) is 9.31. The quantitative estimate of drug-likeness (QED) is 0.758. The van der Waals surface area contributed by atoms with Gasteiger partial charge in [0.1, 0.15) is 5.82 Å². The van der Waals surface area contributed by atoms with Crippen LogP contribution in [0.2, 0.25) is 0 Å². The molecule has 1 aliphatic heterocycles. The zero-order chi connectivity index (χ0) is 20.9. The van der Waals surface area contributed by atoms with E-state index in [4.69, 9.17) is 14.6 Å². The molecular weight excluding hydrogens is 382 g/mol. The fourth-order valence-corrected chi connectivity index (χ4v) is 4.54. The fraction of sp³-hybridized carbons (Fsp3) is 0.474. The van der Waals surface area contributed by atoms with Crippen LogP contribution < -0.4 is 0 Å². The summed E-state index contributed by atoms with van der Waals surface area (Å²) in [6.07, 6.45) is 3.68. The number of carboxylic acid groups (broad SMARTS) is 1. The van der Waals surface area contributed by atoms with Crippen molar-refractivity contribution in [1.29, 1.82) is 0 Å². The van der Waals surface area contributed by atoms with Gasteiger partial charge in [-0.3, -0.25) is 4.79 Å². The molecule has 154 valence electrons. The van der Waals surface area contributed by atoms with Crippen LogP contribution in [-0.2, 0) is 19.6 Å². The molecule has 1 aliphatic rings. The van der Waals surface area contributed by atoms with E-state index in [1.165, 1.54) is 15.4 Å². The van der Waals surface area contributed by atoms with Crippen LogP contribution in [0, 0.1) is 19.8 Å². The lowest BCUT2D eigenvalue weighted by atomic mass is 10.0. The number of sulfonamides is 1. The number of hydrogen-bond donors (Lipinski definition) is 1. The van der Waals surface area contributed by atoms with Gasteiger partial charge >= 0.3 is 0 Å². The van der Waals surface area contributed by atoms with Gasteiger partial charge in [-0.2, -0.15) is 0 Å². The maximum Gasteiger partial charge on any atom is 0.290 e. The highest BCUT2D eigenvalue weighted by molar-refractivity contribution is 7.89. The van der Waals surface area contributed by atoms with Gasteiger partial charge in [-0.15, -0.1) is 0 Å². The molecule has 8 nitrogen and oxygen atoms in total. The summed E-state index contributed by atoms with van der Waals surface area (Å²) < 4.78 is 33.6. The van der Waals surface area contributed by atoms with E-state index in [0.29, 0.717) is 13.2 Å². The molecule has 1 saturated heterocycles. The van der Waals surface area contributed by atoms with Gasteiger partial charge in [0, 0.05) is 38.0 Å². The largest absolute Gasteiger partial charge is 0.483 e. The molecule has 28 heavy (non-hydrogen) atoms. The zero-order valence-corrected chi connectivity index (χ0v) is 17.4. The average Bonchev–Trinajstić information content (AvgIpc) is 3.22. The Morgan fingerprint density at radius 2 is 1.86 bits per heavy atom. The standard InChI is InChI=1S/C18H25N3O3S.CH2O2/c1-13-7-14(2)9-15(8-13)18-19-5-6-21(18)17-11-24-10-16(17)12-25(22,23)20(3)4;2-1-3/h5-9,16-17H,10-12H2,1-4H3;1H,(H,2,3)/t16-,17-;/m1./s1. The molecule has 0 amide bonds. The summed E-state index contributed by atoms with van der Waals surface area (Å²) in [5.74, 6) is 0.843. The fourth-order valence-electron chi connectivity index (χ4n) is 3.38. The number of ether oxygens (including phenoxy) is 1. The van der Waals surface area contributed by atoms with E-state index in [2.05, 4.69) is 41.6 Å². The Hall–Kier alpha value is -2.23. The summed E-state index contributed by atoms with van der Waals surface area (Å²) in [4.78, 5) is 12.9. The minimum Gasteiger partial charge on any atom is -0.483 e. The molecule has 2 aromatic rings. The van der Waals surface area contributed by atoms with E-state index in [0.717, 1.165) is 11.4 Å². The predicted octanol–water partition coefficient (Wildman–Crippen LogP) is 1.95. The van der Waals surface area contributed by atoms with Gasteiger partial charge in [-0.05, 0) is 26.0 Å². The van der Waals surface area contributed by atoms with E-state index in [9.17, 15) is 8.42 Å². The normalized spacial score (nSPS) is 19.3. The summed E-state index contributed by atoms with van der Waals surface area (Å²) in [6.45, 7) is 4.83. The van der Waals surface area contributed by atoms with Gasteiger partial charge in [-0.1, -0.05) is 17.2 Å². The van der Waals surface area contributed by atoms with Crippen LogP contribution in [-0.4, -0.2) is 66.9 Å². The molecule has 1 aromatic carbocycles. The second-order valence-corrected chi connectivity index (χ2v) is 9.29. The Kier molecular flexibility index (Phi) is 7.34. The number of carbonyl (C=O) groups is 1. The highest BCUT2D eigenvalue weighted by atomic mass is 32.2. The van der Waals surface area contributed by atoms with Crippen molar-refractivity contribution in [3.8, 4) is 11.4 Å². The van der Waals surface area contributed by atoms with E-state index in [1.54, 1.807) is 20.3 Å². The van der Waals surface area contributed by atoms with E-state index in [1.807, 2.05) is 6.20 Å². The van der Waals surface area contributed by atoms with Gasteiger partial charge in [0.2, 0.25) is 10.0 Å². The van der Waals surface area contributed by atoms with Gasteiger partial charge in [0.15, 0.2) is 0 Å². The molecule has 0 saturated carbocycles. The smallest absolute Gasteiger partial charge is 0.290 e. The second-order valence-electron chi connectivity index (χ2n) is 7.07. The lowest BCUT2D eigenvalue weighted by Crippen LogP contribution is -2.32. The lowest BCUT2D eigenvalue weighted by molar-refractivity contribution is -0.122. The van der Waals surface area contributed by atoms with Crippen LogP contribution in [0.1, 0.15) is 17.2 Å². The highest BCUT2D eigenvalue weighted by Crippen LogP contribution is 2.32. The topological polar surface area (TPSA) is 102 Å². The van der Waals surface area contributed by atoms with Crippen molar-refractivity contribution >= 4 is 16.5 Å². The number of benzene rings is 1. The van der Waals surface area contributed by atoms with Crippen LogP contribution in [0.3, 0.4) is 0 Å². The van der Waals surface area contributed by atoms with Crippen LogP contribution in [0.5, 0.6) is 0 Å². The lowest BCUT2D eigenvalue weighted by Gasteiger charge is -2.22. The van der Waals surface area contributed by atoms with Crippen molar-refractivity contribution in [2.45, 2.75) is 19.9 Å². The molecule has 0 radical (unpaired) electrons.